The lowest BCUT2D eigenvalue weighted by Gasteiger charge is -2.15. The first-order valence-corrected chi connectivity index (χ1v) is 6.81. The van der Waals surface area contributed by atoms with Crippen molar-refractivity contribution in [2.24, 2.45) is 0 Å². The Morgan fingerprint density at radius 3 is 2.91 bits per heavy atom. The van der Waals surface area contributed by atoms with Crippen LogP contribution in [0.25, 0.3) is 0 Å². The number of benzene rings is 1. The molecule has 1 aromatic carbocycles. The number of aromatic nitrogens is 4. The molecular weight excluding hydrogens is 310 g/mol. The highest BCUT2D eigenvalue weighted by Gasteiger charge is 2.19. The van der Waals surface area contributed by atoms with Gasteiger partial charge >= 0.3 is 5.97 Å². The molecule has 9 heteroatoms. The summed E-state index contributed by atoms with van der Waals surface area (Å²) in [6.45, 7) is 3.10. The molecule has 0 aliphatic carbocycles. The molecule has 0 unspecified atom stereocenters. The predicted octanol–water partition coefficient (Wildman–Crippen LogP) is 1.21. The Hall–Kier alpha value is -2.48. The topological polar surface area (TPSA) is 99.0 Å². The van der Waals surface area contributed by atoms with Crippen LogP contribution in [0, 0.1) is 6.92 Å². The lowest BCUT2D eigenvalue weighted by atomic mass is 10.2. The summed E-state index contributed by atoms with van der Waals surface area (Å²) >= 11 is 5.98. The Labute approximate surface area is 131 Å². The van der Waals surface area contributed by atoms with Crippen LogP contribution in [0.5, 0.6) is 0 Å². The van der Waals surface area contributed by atoms with Gasteiger partial charge in [-0.3, -0.25) is 9.59 Å². The number of esters is 1. The summed E-state index contributed by atoms with van der Waals surface area (Å²) in [4.78, 5) is 23.7. The number of amides is 1. The van der Waals surface area contributed by atoms with Crippen molar-refractivity contribution in [3.63, 3.8) is 0 Å². The second kappa shape index (κ2) is 6.99. The number of carbonyl (C=O) groups is 2. The van der Waals surface area contributed by atoms with Crippen LogP contribution in [-0.2, 0) is 20.9 Å². The summed E-state index contributed by atoms with van der Waals surface area (Å²) in [5, 5.41) is 13.5. The van der Waals surface area contributed by atoms with Crippen LogP contribution in [0.4, 0.5) is 5.69 Å². The second-order valence-corrected chi connectivity index (χ2v) is 4.95. The van der Waals surface area contributed by atoms with Crippen LogP contribution < -0.4 is 5.32 Å². The van der Waals surface area contributed by atoms with Gasteiger partial charge < -0.3 is 10.1 Å². The molecule has 0 saturated heterocycles. The van der Waals surface area contributed by atoms with Crippen molar-refractivity contribution in [2.75, 3.05) is 5.32 Å². The molecule has 1 heterocycles. The Bertz CT molecular complexity index is 674. The van der Waals surface area contributed by atoms with Crippen LogP contribution in [0.1, 0.15) is 12.5 Å². The molecule has 116 valence electrons. The Morgan fingerprint density at radius 1 is 1.45 bits per heavy atom. The number of hydrogen-bond donors (Lipinski definition) is 1. The molecule has 0 spiro atoms. The molecule has 0 bridgehead atoms. The van der Waals surface area contributed by atoms with Gasteiger partial charge in [0.15, 0.2) is 6.10 Å². The predicted molar refractivity (Wildman–Crippen MR) is 78.2 cm³/mol. The van der Waals surface area contributed by atoms with Gasteiger partial charge in [-0.05, 0) is 42.0 Å². The summed E-state index contributed by atoms with van der Waals surface area (Å²) in [7, 11) is 0. The summed E-state index contributed by atoms with van der Waals surface area (Å²) in [6, 6.07) is 5.16. The van der Waals surface area contributed by atoms with E-state index in [9.17, 15) is 9.59 Å². The molecule has 0 radical (unpaired) electrons. The minimum Gasteiger partial charge on any atom is -0.451 e. The zero-order chi connectivity index (χ0) is 16.1. The minimum atomic E-state index is -0.956. The third-order valence-electron chi connectivity index (χ3n) is 2.89. The van der Waals surface area contributed by atoms with Crippen LogP contribution in [0.15, 0.2) is 24.5 Å². The number of ether oxygens (including phenoxy) is 1. The molecule has 8 nitrogen and oxygen atoms in total. The fraction of sp³-hybridized carbons (Fsp3) is 0.308. The number of halogens is 1. The smallest absolute Gasteiger partial charge is 0.328 e. The molecule has 0 saturated carbocycles. The first kappa shape index (κ1) is 15.9. The Balaban J connectivity index is 1.91. The average molecular weight is 324 g/mol. The van der Waals surface area contributed by atoms with Gasteiger partial charge in [-0.15, -0.1) is 5.10 Å². The average Bonchev–Trinajstić information content (AvgIpc) is 2.96. The normalized spacial score (nSPS) is 11.8. The highest BCUT2D eigenvalue weighted by atomic mass is 35.5. The lowest BCUT2D eigenvalue weighted by Crippen LogP contribution is -2.31. The largest absolute Gasteiger partial charge is 0.451 e. The van der Waals surface area contributed by atoms with Crippen molar-refractivity contribution in [3.05, 3.63) is 35.1 Å². The molecule has 1 amide bonds. The minimum absolute atomic E-state index is 0.166. The van der Waals surface area contributed by atoms with Crippen molar-refractivity contribution >= 4 is 29.2 Å². The summed E-state index contributed by atoms with van der Waals surface area (Å²) < 4.78 is 6.23. The molecule has 0 aliphatic rings. The molecule has 22 heavy (non-hydrogen) atoms. The standard InChI is InChI=1S/C13H14ClN5O3/c1-8-10(14)4-3-5-11(8)16-13(21)9(2)22-12(20)6-19-7-15-17-18-19/h3-5,7,9H,6H2,1-2H3,(H,16,21)/t9-/m1/s1. The van der Waals surface area contributed by atoms with Crippen LogP contribution >= 0.6 is 11.6 Å². The van der Waals surface area contributed by atoms with E-state index in [4.69, 9.17) is 16.3 Å². The van der Waals surface area contributed by atoms with Gasteiger partial charge in [0.1, 0.15) is 12.9 Å². The van der Waals surface area contributed by atoms with E-state index in [1.54, 1.807) is 25.1 Å². The molecule has 0 aliphatic heterocycles. The Morgan fingerprint density at radius 2 is 2.23 bits per heavy atom. The monoisotopic (exact) mass is 323 g/mol. The molecule has 1 aromatic heterocycles. The number of nitrogens with one attached hydrogen (secondary N) is 1. The van der Waals surface area contributed by atoms with E-state index in [1.807, 2.05) is 0 Å². The number of anilines is 1. The van der Waals surface area contributed by atoms with E-state index in [0.717, 1.165) is 5.56 Å². The Kier molecular flexibility index (Phi) is 5.05. The number of rotatable bonds is 5. The van der Waals surface area contributed by atoms with Crippen LogP contribution in [-0.4, -0.2) is 38.2 Å². The lowest BCUT2D eigenvalue weighted by molar-refractivity contribution is -0.153. The fourth-order valence-electron chi connectivity index (χ4n) is 1.65. The number of nitrogens with zero attached hydrogens (tertiary/aromatic N) is 4. The quantitative estimate of drug-likeness (QED) is 0.830. The SMILES string of the molecule is Cc1c(Cl)cccc1NC(=O)[C@@H](C)OC(=O)Cn1cnnn1. The van der Waals surface area contributed by atoms with E-state index in [2.05, 4.69) is 20.8 Å². The highest BCUT2D eigenvalue weighted by Crippen LogP contribution is 2.23. The first-order chi connectivity index (χ1) is 10.5. The molecule has 0 fully saturated rings. The zero-order valence-electron chi connectivity index (χ0n) is 12.0. The van der Waals surface area contributed by atoms with E-state index in [1.165, 1.54) is 17.9 Å². The van der Waals surface area contributed by atoms with Gasteiger partial charge in [0, 0.05) is 10.7 Å². The first-order valence-electron chi connectivity index (χ1n) is 6.43. The van der Waals surface area contributed by atoms with Gasteiger partial charge in [-0.25, -0.2) is 4.68 Å². The third kappa shape index (κ3) is 4.01. The van der Waals surface area contributed by atoms with Gasteiger partial charge in [-0.2, -0.15) is 0 Å². The van der Waals surface area contributed by atoms with E-state index in [-0.39, 0.29) is 6.54 Å². The zero-order valence-corrected chi connectivity index (χ0v) is 12.7. The van der Waals surface area contributed by atoms with Gasteiger partial charge in [0.05, 0.1) is 0 Å². The van der Waals surface area contributed by atoms with E-state index < -0.39 is 18.0 Å². The number of hydrogen-bond acceptors (Lipinski definition) is 6. The maximum absolute atomic E-state index is 12.0. The molecule has 1 N–H and O–H groups in total. The van der Waals surface area contributed by atoms with E-state index in [0.29, 0.717) is 10.7 Å². The van der Waals surface area contributed by atoms with Gasteiger partial charge in [0.25, 0.3) is 5.91 Å². The van der Waals surface area contributed by atoms with Crippen molar-refractivity contribution in [1.29, 1.82) is 0 Å². The summed E-state index contributed by atoms with van der Waals surface area (Å²) in [5.41, 5.74) is 1.31. The molecular formula is C13H14ClN5O3. The summed E-state index contributed by atoms with van der Waals surface area (Å²) in [6.07, 6.45) is 0.323. The molecule has 2 aromatic rings. The molecule has 1 atom stereocenters. The van der Waals surface area contributed by atoms with Crippen molar-refractivity contribution in [1.82, 2.24) is 20.2 Å². The van der Waals surface area contributed by atoms with Gasteiger partial charge in [-0.1, -0.05) is 17.7 Å². The number of tetrazole rings is 1. The van der Waals surface area contributed by atoms with Crippen molar-refractivity contribution < 1.29 is 14.3 Å². The highest BCUT2D eigenvalue weighted by molar-refractivity contribution is 6.31. The maximum atomic E-state index is 12.0. The van der Waals surface area contributed by atoms with Gasteiger partial charge in [0.2, 0.25) is 0 Å². The fourth-order valence-corrected chi connectivity index (χ4v) is 1.82. The third-order valence-corrected chi connectivity index (χ3v) is 3.30. The van der Waals surface area contributed by atoms with Crippen molar-refractivity contribution in [2.45, 2.75) is 26.5 Å². The molecule has 2 rings (SSSR count). The second-order valence-electron chi connectivity index (χ2n) is 4.54. The maximum Gasteiger partial charge on any atom is 0.328 e. The van der Waals surface area contributed by atoms with Crippen LogP contribution in [0.2, 0.25) is 5.02 Å². The number of carbonyl (C=O) groups excluding carboxylic acids is 2. The van der Waals surface area contributed by atoms with E-state index >= 15 is 0 Å². The van der Waals surface area contributed by atoms with Crippen LogP contribution in [0.3, 0.4) is 0 Å². The summed E-state index contributed by atoms with van der Waals surface area (Å²) in [5.74, 6) is -1.06. The van der Waals surface area contributed by atoms with Crippen molar-refractivity contribution in [3.8, 4) is 0 Å².